The van der Waals surface area contributed by atoms with Crippen molar-refractivity contribution < 1.29 is 11.7 Å². The molecule has 0 atom stereocenters. The monoisotopic (exact) mass is 422 g/mol. The standard InChI is InChI=1S/C30H30NO/c1-20-10-12-22(16-25(20)27-14-11-21(19-31(27)5)18-30(2,3)4)23-13-15-29-26(17-23)24-8-6-7-9-28(24)32-29/h6-17,19H,18H2,1-5H3/q+1/i18D2. The Hall–Kier alpha value is -3.39. The van der Waals surface area contributed by atoms with Crippen molar-refractivity contribution >= 4 is 21.9 Å². The van der Waals surface area contributed by atoms with Crippen LogP contribution in [0.1, 0.15) is 34.6 Å². The number of hydrogen-bond donors (Lipinski definition) is 0. The smallest absolute Gasteiger partial charge is 0.212 e. The van der Waals surface area contributed by atoms with E-state index in [0.717, 1.165) is 44.3 Å². The highest BCUT2D eigenvalue weighted by atomic mass is 16.3. The SMILES string of the molecule is [2H]C([2H])(c1ccc(-c2cc(-c3ccc4oc5ccccc5c4c3)ccc2C)[n+](C)c1)C(C)(C)C. The molecule has 160 valence electrons. The van der Waals surface area contributed by atoms with Crippen molar-refractivity contribution in [1.29, 1.82) is 0 Å². The maximum absolute atomic E-state index is 8.63. The van der Waals surface area contributed by atoms with Crippen molar-refractivity contribution in [3.63, 3.8) is 0 Å². The van der Waals surface area contributed by atoms with E-state index in [4.69, 9.17) is 7.16 Å². The van der Waals surface area contributed by atoms with Crippen LogP contribution in [0.5, 0.6) is 0 Å². The van der Waals surface area contributed by atoms with Crippen molar-refractivity contribution in [3.8, 4) is 22.4 Å². The Morgan fingerprint density at radius 2 is 1.56 bits per heavy atom. The van der Waals surface area contributed by atoms with Crippen LogP contribution >= 0.6 is 0 Å². The van der Waals surface area contributed by atoms with Gasteiger partial charge in [-0.2, -0.15) is 0 Å². The summed E-state index contributed by atoms with van der Waals surface area (Å²) >= 11 is 0. The molecule has 0 aliphatic rings. The van der Waals surface area contributed by atoms with Gasteiger partial charge in [0.05, 0.1) is 0 Å². The lowest BCUT2D eigenvalue weighted by molar-refractivity contribution is -0.660. The number of fused-ring (bicyclic) bond motifs is 3. The fourth-order valence-corrected chi connectivity index (χ4v) is 4.38. The number of furan rings is 1. The number of nitrogens with zero attached hydrogens (tertiary/aromatic N) is 1. The summed E-state index contributed by atoms with van der Waals surface area (Å²) in [5.41, 5.74) is 7.66. The van der Waals surface area contributed by atoms with E-state index in [0.29, 0.717) is 5.56 Å². The lowest BCUT2D eigenvalue weighted by Crippen LogP contribution is -2.32. The minimum absolute atomic E-state index is 0.493. The van der Waals surface area contributed by atoms with Crippen LogP contribution in [0.25, 0.3) is 44.3 Å². The van der Waals surface area contributed by atoms with Crippen LogP contribution in [-0.4, -0.2) is 0 Å². The molecular weight excluding hydrogens is 390 g/mol. The Labute approximate surface area is 192 Å². The van der Waals surface area contributed by atoms with Gasteiger partial charge in [-0.15, -0.1) is 0 Å². The van der Waals surface area contributed by atoms with Gasteiger partial charge in [-0.05, 0) is 65.7 Å². The Bertz CT molecular complexity index is 1540. The second kappa shape index (κ2) is 7.63. The van der Waals surface area contributed by atoms with Crippen LogP contribution in [-0.2, 0) is 13.4 Å². The highest BCUT2D eigenvalue weighted by Crippen LogP contribution is 2.34. The van der Waals surface area contributed by atoms with E-state index in [2.05, 4.69) is 43.3 Å². The lowest BCUT2D eigenvalue weighted by Gasteiger charge is -2.17. The molecule has 2 heteroatoms. The zero-order valence-corrected chi connectivity index (χ0v) is 19.4. The molecule has 0 amide bonds. The van der Waals surface area contributed by atoms with Gasteiger partial charge in [-0.1, -0.05) is 57.2 Å². The summed E-state index contributed by atoms with van der Waals surface area (Å²) in [5, 5.41) is 2.25. The Morgan fingerprint density at radius 1 is 0.844 bits per heavy atom. The first kappa shape index (κ1) is 18.2. The van der Waals surface area contributed by atoms with Crippen molar-refractivity contribution in [2.45, 2.75) is 34.1 Å². The zero-order valence-electron chi connectivity index (χ0n) is 21.4. The molecule has 0 saturated heterocycles. The van der Waals surface area contributed by atoms with E-state index in [-0.39, 0.29) is 0 Å². The average Bonchev–Trinajstić information content (AvgIpc) is 3.17. The predicted octanol–water partition coefficient (Wildman–Crippen LogP) is 7.64. The summed E-state index contributed by atoms with van der Waals surface area (Å²) in [6.45, 7) is 7.94. The minimum atomic E-state index is -1.43. The van der Waals surface area contributed by atoms with E-state index in [1.807, 2.05) is 75.0 Å². The van der Waals surface area contributed by atoms with Gasteiger partial charge >= 0.3 is 0 Å². The van der Waals surface area contributed by atoms with Gasteiger partial charge in [-0.25, -0.2) is 4.57 Å². The molecule has 32 heavy (non-hydrogen) atoms. The summed E-state index contributed by atoms with van der Waals surface area (Å²) in [6, 6.07) is 25.0. The largest absolute Gasteiger partial charge is 0.456 e. The van der Waals surface area contributed by atoms with Crippen LogP contribution in [0.4, 0.5) is 0 Å². The van der Waals surface area contributed by atoms with Crippen LogP contribution in [0, 0.1) is 12.3 Å². The van der Waals surface area contributed by atoms with Gasteiger partial charge in [-0.3, -0.25) is 0 Å². The van der Waals surface area contributed by atoms with Gasteiger partial charge in [0.1, 0.15) is 18.2 Å². The first-order valence-corrected chi connectivity index (χ1v) is 11.1. The molecule has 3 aromatic carbocycles. The van der Waals surface area contributed by atoms with Gasteiger partial charge in [0.2, 0.25) is 5.69 Å². The second-order valence-electron chi connectivity index (χ2n) is 9.63. The van der Waals surface area contributed by atoms with Gasteiger partial charge in [0.25, 0.3) is 0 Å². The Kier molecular flexibility index (Phi) is 4.34. The van der Waals surface area contributed by atoms with Crippen LogP contribution < -0.4 is 4.57 Å². The number of rotatable bonds is 3. The maximum Gasteiger partial charge on any atom is 0.212 e. The van der Waals surface area contributed by atoms with E-state index in [1.165, 1.54) is 5.56 Å². The molecule has 0 radical (unpaired) electrons. The molecule has 2 aromatic heterocycles. The zero-order chi connectivity index (χ0) is 24.3. The first-order valence-electron chi connectivity index (χ1n) is 12.1. The molecule has 0 saturated carbocycles. The quantitative estimate of drug-likeness (QED) is 0.273. The fourth-order valence-electron chi connectivity index (χ4n) is 4.38. The normalized spacial score (nSPS) is 13.4. The molecule has 2 heterocycles. The van der Waals surface area contributed by atoms with Crippen LogP contribution in [0.2, 0.25) is 0 Å². The number of pyridine rings is 1. The number of hydrogen-bond acceptors (Lipinski definition) is 1. The molecule has 0 fully saturated rings. The summed E-state index contributed by atoms with van der Waals surface area (Å²) in [5.74, 6) is 0. The molecule has 0 N–H and O–H groups in total. The molecule has 0 bridgehead atoms. The van der Waals surface area contributed by atoms with Crippen LogP contribution in [0.15, 0.2) is 83.4 Å². The van der Waals surface area contributed by atoms with Crippen molar-refractivity contribution in [2.75, 3.05) is 0 Å². The predicted molar refractivity (Wildman–Crippen MR) is 134 cm³/mol. The summed E-state index contributed by atoms with van der Waals surface area (Å²) < 4.78 is 25.3. The first-order chi connectivity index (χ1) is 16.1. The van der Waals surface area contributed by atoms with Gasteiger partial charge in [0, 0.05) is 30.7 Å². The Balaban J connectivity index is 1.59. The highest BCUT2D eigenvalue weighted by Gasteiger charge is 2.18. The third kappa shape index (κ3) is 3.82. The third-order valence-electron chi connectivity index (χ3n) is 5.88. The molecule has 5 rings (SSSR count). The molecule has 0 aliphatic carbocycles. The van der Waals surface area contributed by atoms with Crippen molar-refractivity contribution in [1.82, 2.24) is 0 Å². The van der Waals surface area contributed by atoms with Gasteiger partial charge in [0.15, 0.2) is 6.20 Å². The summed E-state index contributed by atoms with van der Waals surface area (Å²) in [6.07, 6.45) is 0.499. The molecule has 5 aromatic rings. The Morgan fingerprint density at radius 3 is 2.34 bits per heavy atom. The fraction of sp³-hybridized carbons (Fsp3) is 0.233. The lowest BCUT2D eigenvalue weighted by atomic mass is 9.88. The maximum atomic E-state index is 8.63. The third-order valence-corrected chi connectivity index (χ3v) is 5.88. The molecule has 0 unspecified atom stereocenters. The van der Waals surface area contributed by atoms with Crippen LogP contribution in [0.3, 0.4) is 0 Å². The number of para-hydroxylation sites is 1. The second-order valence-corrected chi connectivity index (χ2v) is 9.63. The molecule has 2 nitrogen and oxygen atoms in total. The topological polar surface area (TPSA) is 17.0 Å². The molecular formula is C30H30NO+. The van der Waals surface area contributed by atoms with E-state index < -0.39 is 11.8 Å². The summed E-state index contributed by atoms with van der Waals surface area (Å²) in [4.78, 5) is 0. The molecule has 0 spiro atoms. The molecule has 0 aliphatic heterocycles. The van der Waals surface area contributed by atoms with Crippen molar-refractivity contribution in [2.24, 2.45) is 12.5 Å². The van der Waals surface area contributed by atoms with Gasteiger partial charge < -0.3 is 4.42 Å². The van der Waals surface area contributed by atoms with E-state index in [9.17, 15) is 0 Å². The number of benzene rings is 3. The number of aromatic nitrogens is 1. The van der Waals surface area contributed by atoms with Crippen molar-refractivity contribution in [3.05, 3.63) is 90.1 Å². The summed E-state index contributed by atoms with van der Waals surface area (Å²) in [7, 11) is 1.99. The minimum Gasteiger partial charge on any atom is -0.456 e. The highest BCUT2D eigenvalue weighted by molar-refractivity contribution is 6.06. The van der Waals surface area contributed by atoms with E-state index >= 15 is 0 Å². The van der Waals surface area contributed by atoms with E-state index in [1.54, 1.807) is 0 Å². The number of aryl methyl sites for hydroxylation is 2. The average molecular weight is 423 g/mol.